The minimum Gasteiger partial charge on any atom is -0.263 e. The van der Waals surface area contributed by atoms with Gasteiger partial charge in [-0.3, -0.25) is 9.73 Å². The molecule has 162 valence electrons. The summed E-state index contributed by atoms with van der Waals surface area (Å²) in [6, 6.07) is 43.8. The van der Waals surface area contributed by atoms with Gasteiger partial charge in [0.15, 0.2) is 0 Å². The first-order valence-electron chi connectivity index (χ1n) is 11.2. The van der Waals surface area contributed by atoms with E-state index in [4.69, 9.17) is 4.74 Å². The van der Waals surface area contributed by atoms with Crippen LogP contribution in [0.15, 0.2) is 145 Å². The first-order chi connectivity index (χ1) is 16.9. The van der Waals surface area contributed by atoms with E-state index in [1.165, 1.54) is 15.9 Å². The molecule has 0 N–H and O–H groups in total. The van der Waals surface area contributed by atoms with Crippen molar-refractivity contribution in [3.63, 3.8) is 0 Å². The minimum atomic E-state index is -2.37. The van der Waals surface area contributed by atoms with Gasteiger partial charge in [-0.05, 0) is 18.2 Å². The number of hydrogen-bond donors (Lipinski definition) is 0. The first kappa shape index (κ1) is 21.7. The van der Waals surface area contributed by atoms with Gasteiger partial charge in [0.1, 0.15) is 0 Å². The van der Waals surface area contributed by atoms with Crippen LogP contribution in [-0.4, -0.2) is 4.98 Å². The molecule has 0 spiro atoms. The highest BCUT2D eigenvalue weighted by molar-refractivity contribution is 7.87. The van der Waals surface area contributed by atoms with E-state index in [0.717, 1.165) is 16.8 Å². The van der Waals surface area contributed by atoms with Crippen molar-refractivity contribution in [2.75, 3.05) is 0 Å². The smallest absolute Gasteiger partial charge is 0.0812 e. The maximum absolute atomic E-state index is 5.58. The maximum atomic E-state index is 5.58. The third-order valence-electron chi connectivity index (χ3n) is 5.56. The Balaban J connectivity index is 1.82. The van der Waals surface area contributed by atoms with Gasteiger partial charge < -0.3 is 0 Å². The van der Waals surface area contributed by atoms with Crippen molar-refractivity contribution in [3.8, 4) is 11.8 Å². The fourth-order valence-corrected chi connectivity index (χ4v) is 7.49. The minimum absolute atomic E-state index is 0.818. The topological polar surface area (TPSA) is 25.2 Å². The van der Waals surface area contributed by atoms with Crippen LogP contribution in [0.4, 0.5) is 5.69 Å². The molecule has 1 heterocycles. The Bertz CT molecular complexity index is 1380. The van der Waals surface area contributed by atoms with Crippen molar-refractivity contribution in [2.45, 2.75) is 0 Å². The van der Waals surface area contributed by atoms with Gasteiger partial charge >= 0.3 is 0 Å². The summed E-state index contributed by atoms with van der Waals surface area (Å²) >= 11 is 0. The van der Waals surface area contributed by atoms with E-state index in [9.17, 15) is 0 Å². The van der Waals surface area contributed by atoms with Gasteiger partial charge in [-0.25, -0.2) is 0 Å². The number of nitrogens with zero attached hydrogens (tertiary/aromatic N) is 2. The molecule has 0 atom stereocenters. The summed E-state index contributed by atoms with van der Waals surface area (Å²) in [7, 11) is -2.37. The number of rotatable bonds is 4. The molecule has 0 bridgehead atoms. The van der Waals surface area contributed by atoms with Gasteiger partial charge in [0.25, 0.3) is 0 Å². The van der Waals surface area contributed by atoms with E-state index >= 15 is 0 Å². The molecule has 34 heavy (non-hydrogen) atoms. The molecule has 0 saturated heterocycles. The maximum Gasteiger partial charge on any atom is 0.0812 e. The van der Waals surface area contributed by atoms with E-state index < -0.39 is 7.05 Å². The largest absolute Gasteiger partial charge is 0.263 e. The zero-order chi connectivity index (χ0) is 23.1. The summed E-state index contributed by atoms with van der Waals surface area (Å²) < 4.78 is 5.58. The Kier molecular flexibility index (Phi) is 6.48. The van der Waals surface area contributed by atoms with E-state index in [1.54, 1.807) is 6.20 Å². The molecule has 1 aromatic heterocycles. The van der Waals surface area contributed by atoms with Crippen LogP contribution >= 0.6 is 7.05 Å². The summed E-state index contributed by atoms with van der Waals surface area (Å²) in [5.74, 6) is 6.59. The van der Waals surface area contributed by atoms with Crippen LogP contribution in [0.3, 0.4) is 0 Å². The Morgan fingerprint density at radius 2 is 1.00 bits per heavy atom. The lowest BCUT2D eigenvalue weighted by Gasteiger charge is -2.27. The predicted molar refractivity (Wildman–Crippen MR) is 144 cm³/mol. The average molecular weight is 455 g/mol. The normalized spacial score (nSPS) is 10.7. The van der Waals surface area contributed by atoms with Crippen molar-refractivity contribution in [1.29, 1.82) is 0 Å². The molecule has 5 rings (SSSR count). The van der Waals surface area contributed by atoms with Crippen LogP contribution in [0.25, 0.3) is 0 Å². The third-order valence-corrected chi connectivity index (χ3v) is 9.21. The molecule has 0 aliphatic rings. The predicted octanol–water partition coefficient (Wildman–Crippen LogP) is 6.29. The van der Waals surface area contributed by atoms with Gasteiger partial charge in [-0.1, -0.05) is 121 Å². The van der Waals surface area contributed by atoms with Gasteiger partial charge in [0.05, 0.1) is 18.3 Å². The van der Waals surface area contributed by atoms with Crippen molar-refractivity contribution in [1.82, 2.24) is 4.98 Å². The molecular formula is C31H23N2P. The summed E-state index contributed by atoms with van der Waals surface area (Å²) in [6.07, 6.45) is 3.60. The molecule has 0 saturated carbocycles. The lowest BCUT2D eigenvalue weighted by Crippen LogP contribution is -2.25. The summed E-state index contributed by atoms with van der Waals surface area (Å²) in [4.78, 5) is 4.36. The second-order valence-corrected chi connectivity index (χ2v) is 10.8. The fourth-order valence-electron chi connectivity index (χ4n) is 3.94. The molecule has 0 aliphatic carbocycles. The first-order valence-corrected chi connectivity index (χ1v) is 12.9. The van der Waals surface area contributed by atoms with Gasteiger partial charge in [0, 0.05) is 33.9 Å². The highest BCUT2D eigenvalue weighted by Crippen LogP contribution is 2.49. The van der Waals surface area contributed by atoms with Crippen LogP contribution in [0.1, 0.15) is 11.1 Å². The van der Waals surface area contributed by atoms with Crippen LogP contribution in [-0.2, 0) is 0 Å². The van der Waals surface area contributed by atoms with E-state index in [-0.39, 0.29) is 0 Å². The molecule has 4 aromatic carbocycles. The Labute approximate surface area is 201 Å². The second-order valence-electron chi connectivity index (χ2n) is 7.75. The summed E-state index contributed by atoms with van der Waals surface area (Å²) in [6.45, 7) is 0. The van der Waals surface area contributed by atoms with Crippen LogP contribution in [0.5, 0.6) is 0 Å². The average Bonchev–Trinajstić information content (AvgIpc) is 2.93. The summed E-state index contributed by atoms with van der Waals surface area (Å²) in [5.41, 5.74) is 2.63. The molecule has 0 unspecified atom stereocenters. The zero-order valence-corrected chi connectivity index (χ0v) is 19.5. The van der Waals surface area contributed by atoms with Gasteiger partial charge in [-0.15, -0.1) is 0 Å². The van der Waals surface area contributed by atoms with Crippen molar-refractivity contribution in [2.24, 2.45) is 4.74 Å². The molecule has 0 radical (unpaired) electrons. The molecule has 0 aliphatic heterocycles. The summed E-state index contributed by atoms with van der Waals surface area (Å²) in [5, 5.41) is 3.60. The van der Waals surface area contributed by atoms with Crippen molar-refractivity contribution in [3.05, 3.63) is 151 Å². The standard InChI is InChI=1S/C31H23N2P/c1-5-13-26(14-6-1)21-22-27-25-32-24-23-31(27)33-34(28-15-7-2-8-16-28,29-17-9-3-10-18-29)30-19-11-4-12-20-30/h1-20,23-25H. The van der Waals surface area contributed by atoms with Crippen molar-refractivity contribution < 1.29 is 0 Å². The molecule has 2 nitrogen and oxygen atoms in total. The number of benzene rings is 4. The number of pyridine rings is 1. The Hall–Kier alpha value is -4.18. The quantitative estimate of drug-likeness (QED) is 0.231. The number of aromatic nitrogens is 1. The lowest BCUT2D eigenvalue weighted by atomic mass is 10.2. The van der Waals surface area contributed by atoms with Gasteiger partial charge in [-0.2, -0.15) is 0 Å². The third kappa shape index (κ3) is 4.48. The fraction of sp³-hybridized carbons (Fsp3) is 0. The molecule has 0 amide bonds. The Morgan fingerprint density at radius 1 is 0.529 bits per heavy atom. The van der Waals surface area contributed by atoms with E-state index in [0.29, 0.717) is 0 Å². The number of hydrogen-bond acceptors (Lipinski definition) is 2. The highest BCUT2D eigenvalue weighted by atomic mass is 31.2. The zero-order valence-electron chi connectivity index (χ0n) is 18.6. The monoisotopic (exact) mass is 454 g/mol. The molecule has 0 fully saturated rings. The lowest BCUT2D eigenvalue weighted by molar-refractivity contribution is 1.30. The highest BCUT2D eigenvalue weighted by Gasteiger charge is 2.27. The van der Waals surface area contributed by atoms with Crippen molar-refractivity contribution >= 4 is 28.7 Å². The van der Waals surface area contributed by atoms with Crippen LogP contribution in [0, 0.1) is 11.8 Å². The second kappa shape index (κ2) is 10.2. The molecule has 3 heteroatoms. The van der Waals surface area contributed by atoms with Crippen LogP contribution < -0.4 is 15.9 Å². The van der Waals surface area contributed by atoms with Crippen LogP contribution in [0.2, 0.25) is 0 Å². The Morgan fingerprint density at radius 3 is 1.50 bits per heavy atom. The molecule has 5 aromatic rings. The van der Waals surface area contributed by atoms with E-state index in [2.05, 4.69) is 108 Å². The van der Waals surface area contributed by atoms with E-state index in [1.807, 2.05) is 42.6 Å². The SMILES string of the molecule is C(#Cc1cnccc1N=P(c1ccccc1)(c1ccccc1)c1ccccc1)c1ccccc1. The van der Waals surface area contributed by atoms with Gasteiger partial charge in [0.2, 0.25) is 0 Å². The molecular weight excluding hydrogens is 431 g/mol.